The predicted molar refractivity (Wildman–Crippen MR) is 141 cm³/mol. The highest BCUT2D eigenvalue weighted by molar-refractivity contribution is 8.18. The Bertz CT molecular complexity index is 1370. The highest BCUT2D eigenvalue weighted by atomic mass is 35.5. The summed E-state index contributed by atoms with van der Waals surface area (Å²) in [6, 6.07) is 15.4. The second-order valence-electron chi connectivity index (χ2n) is 7.64. The summed E-state index contributed by atoms with van der Waals surface area (Å²) in [4.78, 5) is 30.5. The molecule has 1 amide bonds. The number of amidine groups is 1. The van der Waals surface area contributed by atoms with Crippen LogP contribution < -0.4 is 4.74 Å². The summed E-state index contributed by atoms with van der Waals surface area (Å²) in [6.07, 6.45) is 1.67. The van der Waals surface area contributed by atoms with Crippen molar-refractivity contribution in [3.8, 4) is 5.75 Å². The van der Waals surface area contributed by atoms with Crippen LogP contribution in [0, 0.1) is 5.82 Å². The molecule has 10 heteroatoms. The number of aromatic carboxylic acids is 1. The summed E-state index contributed by atoms with van der Waals surface area (Å²) in [5.74, 6) is -1.35. The van der Waals surface area contributed by atoms with Gasteiger partial charge in [0.15, 0.2) is 10.9 Å². The lowest BCUT2D eigenvalue weighted by Gasteiger charge is -2.12. The van der Waals surface area contributed by atoms with Crippen molar-refractivity contribution in [2.45, 2.75) is 13.5 Å². The summed E-state index contributed by atoms with van der Waals surface area (Å²) in [6.45, 7) is 2.33. The topological polar surface area (TPSA) is 79.2 Å². The number of carbonyl (C=O) groups is 2. The lowest BCUT2D eigenvalue weighted by atomic mass is 10.2. The molecule has 184 valence electrons. The fraction of sp³-hybridized carbons (Fsp3) is 0.115. The molecule has 0 atom stereocenters. The van der Waals surface area contributed by atoms with Crippen LogP contribution in [0.15, 0.2) is 70.6 Å². The Labute approximate surface area is 221 Å². The zero-order chi connectivity index (χ0) is 25.8. The minimum Gasteiger partial charge on any atom is -0.486 e. The first kappa shape index (κ1) is 25.8. The molecular weight excluding hydrogens is 526 g/mol. The molecule has 0 saturated carbocycles. The summed E-state index contributed by atoms with van der Waals surface area (Å²) in [5, 5.41) is 10.0. The van der Waals surface area contributed by atoms with E-state index in [1.165, 1.54) is 40.9 Å². The monoisotopic (exact) mass is 544 g/mol. The van der Waals surface area contributed by atoms with Gasteiger partial charge in [-0.3, -0.25) is 9.69 Å². The molecule has 0 spiro atoms. The Hall–Kier alpha value is -3.33. The SMILES string of the molecule is CCN1C(=O)/C(=C/c2cc(Cl)c(OCc3cccc(F)c3)c(Cl)c2)SC1=Nc1ccc(C(=O)O)cc1. The van der Waals surface area contributed by atoms with Crippen molar-refractivity contribution in [2.75, 3.05) is 6.54 Å². The number of nitrogens with zero attached hydrogens (tertiary/aromatic N) is 2. The molecule has 1 saturated heterocycles. The number of hydrogen-bond donors (Lipinski definition) is 1. The Balaban J connectivity index is 1.55. The number of carbonyl (C=O) groups excluding carboxylic acids is 1. The fourth-order valence-corrected chi connectivity index (χ4v) is 5.07. The van der Waals surface area contributed by atoms with Gasteiger partial charge in [0.2, 0.25) is 0 Å². The van der Waals surface area contributed by atoms with Crippen LogP contribution in [0.25, 0.3) is 6.08 Å². The van der Waals surface area contributed by atoms with Gasteiger partial charge < -0.3 is 9.84 Å². The first-order valence-corrected chi connectivity index (χ1v) is 12.3. The van der Waals surface area contributed by atoms with Crippen LogP contribution in [-0.2, 0) is 11.4 Å². The second kappa shape index (κ2) is 11.2. The van der Waals surface area contributed by atoms with Gasteiger partial charge in [-0.05, 0) is 84.4 Å². The zero-order valence-electron chi connectivity index (χ0n) is 18.9. The minimum absolute atomic E-state index is 0.0880. The number of rotatable bonds is 7. The molecule has 1 heterocycles. The van der Waals surface area contributed by atoms with Crippen molar-refractivity contribution in [3.05, 3.63) is 98.1 Å². The molecule has 1 aliphatic rings. The maximum Gasteiger partial charge on any atom is 0.335 e. The van der Waals surface area contributed by atoms with E-state index in [1.807, 2.05) is 6.92 Å². The molecule has 0 unspecified atom stereocenters. The molecule has 3 aromatic carbocycles. The smallest absolute Gasteiger partial charge is 0.335 e. The number of thioether (sulfide) groups is 1. The molecule has 36 heavy (non-hydrogen) atoms. The number of halogens is 3. The molecule has 6 nitrogen and oxygen atoms in total. The first-order chi connectivity index (χ1) is 17.2. The molecule has 4 rings (SSSR count). The largest absolute Gasteiger partial charge is 0.486 e. The van der Waals surface area contributed by atoms with Crippen LogP contribution >= 0.6 is 35.0 Å². The molecule has 0 radical (unpaired) electrons. The summed E-state index contributed by atoms with van der Waals surface area (Å²) >= 11 is 14.0. The normalized spacial score (nSPS) is 15.7. The van der Waals surface area contributed by atoms with Crippen LogP contribution in [0.5, 0.6) is 5.75 Å². The molecule has 0 aromatic heterocycles. The highest BCUT2D eigenvalue weighted by Crippen LogP contribution is 2.38. The number of carboxylic acid groups (broad SMARTS) is 1. The average molecular weight is 545 g/mol. The Morgan fingerprint density at radius 1 is 1.14 bits per heavy atom. The van der Waals surface area contributed by atoms with E-state index in [-0.39, 0.29) is 39.7 Å². The van der Waals surface area contributed by atoms with Gasteiger partial charge in [0.25, 0.3) is 5.91 Å². The van der Waals surface area contributed by atoms with Crippen LogP contribution in [0.2, 0.25) is 10.0 Å². The molecular formula is C26H19Cl2FN2O4S. The van der Waals surface area contributed by atoms with E-state index < -0.39 is 5.97 Å². The third-order valence-corrected chi connectivity index (χ3v) is 6.70. The van der Waals surface area contributed by atoms with E-state index in [0.717, 1.165) is 0 Å². The van der Waals surface area contributed by atoms with E-state index in [4.69, 9.17) is 33.0 Å². The van der Waals surface area contributed by atoms with Gasteiger partial charge in [-0.15, -0.1) is 0 Å². The van der Waals surface area contributed by atoms with Crippen LogP contribution in [0.1, 0.15) is 28.4 Å². The van der Waals surface area contributed by atoms with Gasteiger partial charge in [-0.2, -0.15) is 0 Å². The van der Waals surface area contributed by atoms with Crippen molar-refractivity contribution in [1.82, 2.24) is 4.90 Å². The van der Waals surface area contributed by atoms with Crippen molar-refractivity contribution in [3.63, 3.8) is 0 Å². The molecule has 0 bridgehead atoms. The van der Waals surface area contributed by atoms with Gasteiger partial charge in [-0.1, -0.05) is 35.3 Å². The maximum atomic E-state index is 13.4. The average Bonchev–Trinajstić information content (AvgIpc) is 3.12. The Kier molecular flexibility index (Phi) is 7.98. The molecule has 0 aliphatic carbocycles. The van der Waals surface area contributed by atoms with Gasteiger partial charge in [0.1, 0.15) is 12.4 Å². The fourth-order valence-electron chi connectivity index (χ4n) is 3.39. The third-order valence-electron chi connectivity index (χ3n) is 5.13. The number of amides is 1. The van der Waals surface area contributed by atoms with Crippen LogP contribution in [-0.4, -0.2) is 33.6 Å². The van der Waals surface area contributed by atoms with E-state index >= 15 is 0 Å². The Morgan fingerprint density at radius 3 is 2.44 bits per heavy atom. The highest BCUT2D eigenvalue weighted by Gasteiger charge is 2.32. The quantitative estimate of drug-likeness (QED) is 0.323. The third kappa shape index (κ3) is 5.90. The second-order valence-corrected chi connectivity index (χ2v) is 9.46. The summed E-state index contributed by atoms with van der Waals surface area (Å²) in [5.41, 5.74) is 1.91. The van der Waals surface area contributed by atoms with E-state index in [9.17, 15) is 14.0 Å². The number of ether oxygens (including phenoxy) is 1. The van der Waals surface area contributed by atoms with Crippen molar-refractivity contribution in [2.24, 2.45) is 4.99 Å². The van der Waals surface area contributed by atoms with E-state index in [0.29, 0.717) is 33.4 Å². The summed E-state index contributed by atoms with van der Waals surface area (Å²) in [7, 11) is 0. The number of carboxylic acids is 1. The summed E-state index contributed by atoms with van der Waals surface area (Å²) < 4.78 is 19.1. The number of likely N-dealkylation sites (N-methyl/N-ethyl adjacent to an activating group) is 1. The van der Waals surface area contributed by atoms with Gasteiger partial charge in [0.05, 0.1) is 26.2 Å². The number of hydrogen-bond acceptors (Lipinski definition) is 5. The molecule has 1 N–H and O–H groups in total. The standard InChI is InChI=1S/C26H19Cl2FN2O4S/c1-2-31-24(32)22(36-26(31)30-19-8-6-17(7-9-19)25(33)34)13-16-11-20(27)23(21(28)12-16)35-14-15-4-3-5-18(29)10-15/h3-13H,2,14H2,1H3,(H,33,34)/b22-13-,30-26?. The van der Waals surface area contributed by atoms with Gasteiger partial charge in [-0.25, -0.2) is 14.2 Å². The zero-order valence-corrected chi connectivity index (χ0v) is 21.2. The maximum absolute atomic E-state index is 13.4. The first-order valence-electron chi connectivity index (χ1n) is 10.7. The van der Waals surface area contributed by atoms with E-state index in [2.05, 4.69) is 4.99 Å². The molecule has 1 aliphatic heterocycles. The van der Waals surface area contributed by atoms with Gasteiger partial charge in [0, 0.05) is 6.54 Å². The van der Waals surface area contributed by atoms with Gasteiger partial charge >= 0.3 is 5.97 Å². The lowest BCUT2D eigenvalue weighted by Crippen LogP contribution is -2.28. The molecule has 3 aromatic rings. The van der Waals surface area contributed by atoms with Crippen LogP contribution in [0.4, 0.5) is 10.1 Å². The van der Waals surface area contributed by atoms with Crippen molar-refractivity contribution >= 4 is 63.8 Å². The van der Waals surface area contributed by atoms with Crippen molar-refractivity contribution in [1.29, 1.82) is 0 Å². The van der Waals surface area contributed by atoms with Crippen LogP contribution in [0.3, 0.4) is 0 Å². The molecule has 1 fully saturated rings. The van der Waals surface area contributed by atoms with Crippen molar-refractivity contribution < 1.29 is 23.8 Å². The minimum atomic E-state index is -1.03. The van der Waals surface area contributed by atoms with E-state index in [1.54, 1.807) is 42.5 Å². The number of aliphatic imine (C=N–C) groups is 1. The Morgan fingerprint density at radius 2 is 1.83 bits per heavy atom. The number of benzene rings is 3. The lowest BCUT2D eigenvalue weighted by molar-refractivity contribution is -0.122. The predicted octanol–water partition coefficient (Wildman–Crippen LogP) is 7.03.